The molecule has 1 N–H and O–H groups in total. The summed E-state index contributed by atoms with van der Waals surface area (Å²) in [5.74, 6) is -0.673. The van der Waals surface area contributed by atoms with E-state index in [-0.39, 0.29) is 40.8 Å². The number of carbonyl (C=O) groups is 1. The van der Waals surface area contributed by atoms with Crippen molar-refractivity contribution in [2.75, 3.05) is 11.3 Å². The number of ether oxygens (including phenoxy) is 2. The number of aryl methyl sites for hydroxylation is 2. The fourth-order valence-electron chi connectivity index (χ4n) is 5.45. The average molecular weight is 699 g/mol. The average Bonchev–Trinajstić information content (AvgIpc) is 3.01. The second-order valence-corrected chi connectivity index (χ2v) is 14.5. The van der Waals surface area contributed by atoms with E-state index in [9.17, 15) is 26.4 Å². The van der Waals surface area contributed by atoms with Gasteiger partial charge in [0, 0.05) is 17.2 Å². The molecule has 1 aliphatic rings. The van der Waals surface area contributed by atoms with E-state index in [1.807, 2.05) is 45.9 Å². The van der Waals surface area contributed by atoms with E-state index in [0.29, 0.717) is 17.0 Å². The van der Waals surface area contributed by atoms with Gasteiger partial charge in [-0.25, -0.2) is 28.1 Å². The van der Waals surface area contributed by atoms with E-state index in [2.05, 4.69) is 24.7 Å². The molecule has 15 heteroatoms. The number of benzene rings is 2. The van der Waals surface area contributed by atoms with Crippen molar-refractivity contribution in [2.45, 2.75) is 77.7 Å². The topological polar surface area (TPSA) is 136 Å². The summed E-state index contributed by atoms with van der Waals surface area (Å²) in [6.07, 6.45) is -2.54. The first-order chi connectivity index (χ1) is 22.9. The molecule has 5 rings (SSSR count). The van der Waals surface area contributed by atoms with Gasteiger partial charge < -0.3 is 14.4 Å². The first kappa shape index (κ1) is 35.5. The Hall–Kier alpha value is -4.79. The van der Waals surface area contributed by atoms with Crippen LogP contribution in [0.4, 0.5) is 19.1 Å². The number of halogens is 3. The molecule has 3 heterocycles. The molecule has 49 heavy (non-hydrogen) atoms. The van der Waals surface area contributed by atoms with Crippen LogP contribution in [0.1, 0.15) is 61.4 Å². The maximum absolute atomic E-state index is 14.4. The second-order valence-electron chi connectivity index (χ2n) is 12.8. The number of sulfonamides is 1. The Labute approximate surface area is 283 Å². The third-order valence-electron chi connectivity index (χ3n) is 8.06. The summed E-state index contributed by atoms with van der Waals surface area (Å²) in [5.41, 5.74) is 0.372. The lowest BCUT2D eigenvalue weighted by atomic mass is 9.84. The van der Waals surface area contributed by atoms with Gasteiger partial charge in [0.05, 0.1) is 47.1 Å². The maximum atomic E-state index is 14.4. The third kappa shape index (κ3) is 8.10. The number of hydrogen-bond acceptors (Lipinski definition) is 9. The monoisotopic (exact) mass is 698 g/mol. The van der Waals surface area contributed by atoms with Crippen LogP contribution in [0.15, 0.2) is 65.8 Å². The largest absolute Gasteiger partial charge is 0.488 e. The van der Waals surface area contributed by atoms with Gasteiger partial charge >= 0.3 is 6.18 Å². The quantitative estimate of drug-likeness (QED) is 0.229. The van der Waals surface area contributed by atoms with Gasteiger partial charge in [-0.05, 0) is 63.4 Å². The Balaban J connectivity index is 1.67. The zero-order chi connectivity index (χ0) is 35.7. The standard InChI is InChI=1S/C34H37F3N6O5S/c1-20(2)48-25-16-38-28(39-17-25)18-43-24(15-33(5,6)34(35,36)37)19-47-29-14-27(30-21(3)9-7-10-22(30)4)40-32(41-29)42-49(45,46)26-12-8-11-23(13-26)31(43)44/h7-14,16-17,20,24H,15,18-19H2,1-6H3,(H,40,41,42)/t24-/m1/s1. The molecule has 260 valence electrons. The number of carbonyl (C=O) groups excluding carboxylic acids is 1. The Morgan fingerprint density at radius 1 is 1.02 bits per heavy atom. The van der Waals surface area contributed by atoms with Gasteiger partial charge in [-0.15, -0.1) is 0 Å². The Kier molecular flexibility index (Phi) is 9.86. The summed E-state index contributed by atoms with van der Waals surface area (Å²) in [6, 6.07) is 11.1. The lowest BCUT2D eigenvalue weighted by Crippen LogP contribution is -2.48. The fourth-order valence-corrected chi connectivity index (χ4v) is 6.44. The fraction of sp³-hybridized carbons (Fsp3) is 0.382. The van der Waals surface area contributed by atoms with Gasteiger partial charge in [0.15, 0.2) is 5.75 Å². The van der Waals surface area contributed by atoms with Crippen LogP contribution in [-0.4, -0.2) is 64.1 Å². The highest BCUT2D eigenvalue weighted by molar-refractivity contribution is 7.92. The number of alkyl halides is 3. The van der Waals surface area contributed by atoms with Gasteiger partial charge in [0.1, 0.15) is 12.4 Å². The molecule has 11 nitrogen and oxygen atoms in total. The molecule has 1 atom stereocenters. The maximum Gasteiger partial charge on any atom is 0.394 e. The number of nitrogens with zero attached hydrogens (tertiary/aromatic N) is 5. The van der Waals surface area contributed by atoms with E-state index in [1.54, 1.807) is 0 Å². The molecule has 4 aromatic rings. The van der Waals surface area contributed by atoms with Gasteiger partial charge in [0.25, 0.3) is 15.9 Å². The smallest absolute Gasteiger partial charge is 0.394 e. The molecule has 0 unspecified atom stereocenters. The Bertz CT molecular complexity index is 1930. The molecule has 1 aliphatic heterocycles. The van der Waals surface area contributed by atoms with Crippen molar-refractivity contribution in [3.63, 3.8) is 0 Å². The van der Waals surface area contributed by atoms with E-state index in [1.165, 1.54) is 41.6 Å². The summed E-state index contributed by atoms with van der Waals surface area (Å²) < 4.78 is 84.3. The SMILES string of the molecule is Cc1cccc(C)c1-c1cc2nc(n1)NS(=O)(=O)c1cccc(c1)C(=O)N(Cc1ncc(OC(C)C)cn1)[C@H](CC(C)(C)C(F)(F)F)CO2. The van der Waals surface area contributed by atoms with Crippen molar-refractivity contribution >= 4 is 21.9 Å². The molecule has 0 spiro atoms. The van der Waals surface area contributed by atoms with Crippen molar-refractivity contribution in [1.29, 1.82) is 0 Å². The number of nitrogens with one attached hydrogen (secondary N) is 1. The number of anilines is 1. The van der Waals surface area contributed by atoms with Gasteiger partial charge in [-0.3, -0.25) is 4.79 Å². The molecule has 0 saturated heterocycles. The van der Waals surface area contributed by atoms with Gasteiger partial charge in [0.2, 0.25) is 11.8 Å². The van der Waals surface area contributed by atoms with Crippen LogP contribution in [0.25, 0.3) is 11.3 Å². The molecule has 2 aromatic carbocycles. The zero-order valence-electron chi connectivity index (χ0n) is 27.9. The Morgan fingerprint density at radius 2 is 1.67 bits per heavy atom. The lowest BCUT2D eigenvalue weighted by Gasteiger charge is -2.37. The molecule has 0 saturated carbocycles. The number of fused-ring (bicyclic) bond motifs is 4. The number of rotatable bonds is 7. The van der Waals surface area contributed by atoms with Crippen LogP contribution in [0, 0.1) is 19.3 Å². The minimum absolute atomic E-state index is 0.0828. The van der Waals surface area contributed by atoms with Crippen LogP contribution in [0.3, 0.4) is 0 Å². The summed E-state index contributed by atoms with van der Waals surface area (Å²) >= 11 is 0. The number of aromatic nitrogens is 4. The van der Waals surface area contributed by atoms with E-state index < -0.39 is 46.6 Å². The first-order valence-electron chi connectivity index (χ1n) is 15.5. The van der Waals surface area contributed by atoms with Crippen molar-refractivity contribution < 1.29 is 35.9 Å². The van der Waals surface area contributed by atoms with Crippen LogP contribution in [0.5, 0.6) is 11.6 Å². The van der Waals surface area contributed by atoms with Crippen LogP contribution < -0.4 is 14.2 Å². The van der Waals surface area contributed by atoms with Crippen molar-refractivity contribution in [3.05, 3.63) is 83.4 Å². The molecule has 4 bridgehead atoms. The highest BCUT2D eigenvalue weighted by Crippen LogP contribution is 2.42. The molecule has 2 aromatic heterocycles. The van der Waals surface area contributed by atoms with Crippen LogP contribution in [-0.2, 0) is 16.6 Å². The van der Waals surface area contributed by atoms with Gasteiger partial charge in [-0.2, -0.15) is 18.2 Å². The van der Waals surface area contributed by atoms with Crippen molar-refractivity contribution in [2.24, 2.45) is 5.41 Å². The third-order valence-corrected chi connectivity index (χ3v) is 9.39. The summed E-state index contributed by atoms with van der Waals surface area (Å²) in [7, 11) is -4.34. The van der Waals surface area contributed by atoms with Crippen LogP contribution in [0.2, 0.25) is 0 Å². The molecular weight excluding hydrogens is 661 g/mol. The zero-order valence-corrected chi connectivity index (χ0v) is 28.7. The second kappa shape index (κ2) is 13.6. The highest BCUT2D eigenvalue weighted by atomic mass is 32.2. The molecular formula is C34H37F3N6O5S. The molecule has 1 amide bonds. The van der Waals surface area contributed by atoms with E-state index in [4.69, 9.17) is 9.47 Å². The summed E-state index contributed by atoms with van der Waals surface area (Å²) in [6.45, 7) is 8.72. The Morgan fingerprint density at radius 3 is 2.31 bits per heavy atom. The predicted molar refractivity (Wildman–Crippen MR) is 176 cm³/mol. The normalized spacial score (nSPS) is 16.6. The predicted octanol–water partition coefficient (Wildman–Crippen LogP) is 6.52. The lowest BCUT2D eigenvalue weighted by molar-refractivity contribution is -0.217. The molecule has 0 radical (unpaired) electrons. The van der Waals surface area contributed by atoms with Gasteiger partial charge in [-0.1, -0.05) is 38.1 Å². The van der Waals surface area contributed by atoms with E-state index in [0.717, 1.165) is 31.0 Å². The highest BCUT2D eigenvalue weighted by Gasteiger charge is 2.49. The minimum Gasteiger partial charge on any atom is -0.488 e. The summed E-state index contributed by atoms with van der Waals surface area (Å²) in [5, 5.41) is 0. The summed E-state index contributed by atoms with van der Waals surface area (Å²) in [4.78, 5) is 32.5. The first-order valence-corrected chi connectivity index (χ1v) is 17.0. The number of hydrogen-bond donors (Lipinski definition) is 1. The van der Waals surface area contributed by atoms with Crippen LogP contribution >= 0.6 is 0 Å². The van der Waals surface area contributed by atoms with E-state index >= 15 is 0 Å². The van der Waals surface area contributed by atoms with Crippen molar-refractivity contribution in [3.8, 4) is 22.9 Å². The minimum atomic E-state index is -4.63. The molecule has 0 fully saturated rings. The van der Waals surface area contributed by atoms with Crippen molar-refractivity contribution in [1.82, 2.24) is 24.8 Å². The molecule has 0 aliphatic carbocycles. The number of amides is 1.